The predicted molar refractivity (Wildman–Crippen MR) is 93.7 cm³/mol. The highest BCUT2D eigenvalue weighted by atomic mass is 35.5. The Kier molecular flexibility index (Phi) is 3.73. The van der Waals surface area contributed by atoms with Crippen LogP contribution < -0.4 is 4.74 Å². The van der Waals surface area contributed by atoms with Crippen LogP contribution in [0.25, 0.3) is 10.9 Å². The molecule has 1 aromatic heterocycles. The number of H-pyrrole nitrogens is 1. The van der Waals surface area contributed by atoms with Crippen LogP contribution in [-0.2, 0) is 17.6 Å². The van der Waals surface area contributed by atoms with Crippen LogP contribution in [0.4, 0.5) is 0 Å². The molecule has 4 rings (SSSR count). The molecule has 5 nitrogen and oxygen atoms in total. The van der Waals surface area contributed by atoms with Gasteiger partial charge in [-0.3, -0.25) is 9.59 Å². The van der Waals surface area contributed by atoms with Crippen LogP contribution in [-0.4, -0.2) is 28.4 Å². The molecule has 2 N–H and O–H groups in total. The number of hydrogen-bond acceptors (Lipinski definition) is 3. The van der Waals surface area contributed by atoms with Crippen LogP contribution in [0.15, 0.2) is 36.4 Å². The van der Waals surface area contributed by atoms with Crippen molar-refractivity contribution in [2.75, 3.05) is 6.61 Å². The highest BCUT2D eigenvalue weighted by molar-refractivity contribution is 6.31. The molecule has 3 aromatic rings. The summed E-state index contributed by atoms with van der Waals surface area (Å²) >= 11 is 6.01. The molecule has 0 radical (unpaired) electrons. The number of hydrogen-bond donors (Lipinski definition) is 2. The minimum Gasteiger partial charge on any atom is -0.493 e. The number of aromatic nitrogens is 1. The zero-order valence-corrected chi connectivity index (χ0v) is 13.9. The van der Waals surface area contributed by atoms with E-state index in [2.05, 4.69) is 4.98 Å². The summed E-state index contributed by atoms with van der Waals surface area (Å²) in [4.78, 5) is 27.3. The van der Waals surface area contributed by atoms with Gasteiger partial charge in [0.2, 0.25) is 5.78 Å². The van der Waals surface area contributed by atoms with Crippen LogP contribution in [0.1, 0.15) is 27.2 Å². The summed E-state index contributed by atoms with van der Waals surface area (Å²) in [5.41, 5.74) is 2.91. The fourth-order valence-corrected chi connectivity index (χ4v) is 3.40. The standard InChI is InChI=1S/C19H14ClNO4/c20-12-2-3-13-14(9-17(22)23)18(21-15(13)8-12)19(24)11-1-4-16-10(7-11)5-6-25-16/h1-4,7-8,21H,5-6,9H2,(H,22,23). The number of nitrogens with one attached hydrogen (secondary N) is 1. The molecule has 0 amide bonds. The van der Waals surface area contributed by atoms with E-state index in [0.29, 0.717) is 39.4 Å². The molecular formula is C19H14ClNO4. The Morgan fingerprint density at radius 3 is 2.84 bits per heavy atom. The number of carbonyl (C=O) groups is 2. The van der Waals surface area contributed by atoms with Crippen molar-refractivity contribution >= 4 is 34.3 Å². The summed E-state index contributed by atoms with van der Waals surface area (Å²) < 4.78 is 5.46. The second kappa shape index (κ2) is 5.93. The smallest absolute Gasteiger partial charge is 0.307 e. The molecule has 2 heterocycles. The zero-order chi connectivity index (χ0) is 17.6. The number of fused-ring (bicyclic) bond motifs is 2. The van der Waals surface area contributed by atoms with Crippen LogP contribution >= 0.6 is 11.6 Å². The van der Waals surface area contributed by atoms with Crippen LogP contribution in [0.2, 0.25) is 5.02 Å². The number of rotatable bonds is 4. The summed E-state index contributed by atoms with van der Waals surface area (Å²) in [6.45, 7) is 0.613. The summed E-state index contributed by atoms with van der Waals surface area (Å²) in [5.74, 6) is -0.434. The van der Waals surface area contributed by atoms with Gasteiger partial charge in [-0.15, -0.1) is 0 Å². The molecule has 0 atom stereocenters. The maximum atomic E-state index is 13.0. The number of aromatic amines is 1. The molecule has 126 valence electrons. The molecule has 0 spiro atoms. The Labute approximate surface area is 148 Å². The first-order valence-electron chi connectivity index (χ1n) is 7.85. The largest absolute Gasteiger partial charge is 0.493 e. The summed E-state index contributed by atoms with van der Waals surface area (Å²) in [6.07, 6.45) is 0.525. The number of ether oxygens (including phenoxy) is 1. The Hall–Kier alpha value is -2.79. The molecule has 0 fully saturated rings. The number of ketones is 1. The van der Waals surface area contributed by atoms with Crippen LogP contribution in [0.3, 0.4) is 0 Å². The van der Waals surface area contributed by atoms with Crippen molar-refractivity contribution in [3.8, 4) is 5.75 Å². The van der Waals surface area contributed by atoms with Gasteiger partial charge in [0.25, 0.3) is 0 Å². The first-order valence-corrected chi connectivity index (χ1v) is 8.23. The van der Waals surface area contributed by atoms with Gasteiger partial charge in [0.15, 0.2) is 0 Å². The lowest BCUT2D eigenvalue weighted by Gasteiger charge is -2.05. The SMILES string of the molecule is O=C(O)Cc1c(C(=O)c2ccc3c(c2)CCO3)[nH]c2cc(Cl)ccc12. The Morgan fingerprint density at radius 2 is 2.04 bits per heavy atom. The van der Waals surface area contributed by atoms with Crippen molar-refractivity contribution in [1.29, 1.82) is 0 Å². The zero-order valence-electron chi connectivity index (χ0n) is 13.1. The van der Waals surface area contributed by atoms with E-state index >= 15 is 0 Å². The normalized spacial score (nSPS) is 12.8. The maximum absolute atomic E-state index is 13.0. The van der Waals surface area contributed by atoms with Gasteiger partial charge in [-0.05, 0) is 35.9 Å². The van der Waals surface area contributed by atoms with Gasteiger partial charge in [0.05, 0.1) is 18.7 Å². The number of carboxylic acids is 1. The third kappa shape index (κ3) is 2.76. The van der Waals surface area contributed by atoms with E-state index in [1.54, 1.807) is 30.3 Å². The average Bonchev–Trinajstić information content (AvgIpc) is 3.17. The van der Waals surface area contributed by atoms with E-state index in [0.717, 1.165) is 17.7 Å². The van der Waals surface area contributed by atoms with E-state index in [-0.39, 0.29) is 12.2 Å². The van der Waals surface area contributed by atoms with Crippen molar-refractivity contribution in [3.63, 3.8) is 0 Å². The molecule has 0 unspecified atom stereocenters. The van der Waals surface area contributed by atoms with E-state index in [9.17, 15) is 14.7 Å². The van der Waals surface area contributed by atoms with Gasteiger partial charge in [0, 0.05) is 33.5 Å². The molecule has 2 aromatic carbocycles. The van der Waals surface area contributed by atoms with Gasteiger partial charge in [0.1, 0.15) is 5.75 Å². The number of benzene rings is 2. The first-order chi connectivity index (χ1) is 12.0. The van der Waals surface area contributed by atoms with Gasteiger partial charge < -0.3 is 14.8 Å². The molecule has 6 heteroatoms. The van der Waals surface area contributed by atoms with Crippen LogP contribution in [0, 0.1) is 0 Å². The minimum absolute atomic E-state index is 0.238. The van der Waals surface area contributed by atoms with Crippen molar-refractivity contribution < 1.29 is 19.4 Å². The number of carbonyl (C=O) groups excluding carboxylic acids is 1. The lowest BCUT2D eigenvalue weighted by atomic mass is 9.99. The molecule has 25 heavy (non-hydrogen) atoms. The quantitative estimate of drug-likeness (QED) is 0.701. The fraction of sp³-hybridized carbons (Fsp3) is 0.158. The van der Waals surface area contributed by atoms with Crippen molar-refractivity contribution in [3.05, 3.63) is 63.8 Å². The fourth-order valence-electron chi connectivity index (χ4n) is 3.23. The topological polar surface area (TPSA) is 79.4 Å². The Balaban J connectivity index is 1.84. The van der Waals surface area contributed by atoms with Gasteiger partial charge in [-0.1, -0.05) is 17.7 Å². The summed E-state index contributed by atoms with van der Waals surface area (Å²) in [7, 11) is 0. The molecule has 0 bridgehead atoms. The second-order valence-corrected chi connectivity index (χ2v) is 6.43. The third-order valence-electron chi connectivity index (χ3n) is 4.37. The first kappa shape index (κ1) is 15.7. The van der Waals surface area contributed by atoms with Gasteiger partial charge >= 0.3 is 5.97 Å². The summed E-state index contributed by atoms with van der Waals surface area (Å²) in [5, 5.41) is 10.4. The molecule has 0 saturated carbocycles. The Morgan fingerprint density at radius 1 is 1.20 bits per heavy atom. The molecule has 1 aliphatic heterocycles. The van der Waals surface area contributed by atoms with Gasteiger partial charge in [-0.2, -0.15) is 0 Å². The lowest BCUT2D eigenvalue weighted by molar-refractivity contribution is -0.136. The van der Waals surface area contributed by atoms with Gasteiger partial charge in [-0.25, -0.2) is 0 Å². The molecular weight excluding hydrogens is 342 g/mol. The van der Waals surface area contributed by atoms with E-state index in [1.165, 1.54) is 0 Å². The minimum atomic E-state index is -0.993. The third-order valence-corrected chi connectivity index (χ3v) is 4.61. The number of aliphatic carboxylic acids is 1. The second-order valence-electron chi connectivity index (χ2n) is 5.99. The van der Waals surface area contributed by atoms with Crippen molar-refractivity contribution in [2.45, 2.75) is 12.8 Å². The van der Waals surface area contributed by atoms with Crippen LogP contribution in [0.5, 0.6) is 5.75 Å². The van der Waals surface area contributed by atoms with Crippen molar-refractivity contribution in [2.24, 2.45) is 0 Å². The van der Waals surface area contributed by atoms with E-state index in [1.807, 2.05) is 6.07 Å². The summed E-state index contributed by atoms with van der Waals surface area (Å²) in [6, 6.07) is 10.4. The van der Waals surface area contributed by atoms with Crippen molar-refractivity contribution in [1.82, 2.24) is 4.98 Å². The highest BCUT2D eigenvalue weighted by Crippen LogP contribution is 2.30. The molecule has 1 aliphatic rings. The predicted octanol–water partition coefficient (Wildman–Crippen LogP) is 3.61. The Bertz CT molecular complexity index is 1020. The van der Waals surface area contributed by atoms with E-state index in [4.69, 9.17) is 16.3 Å². The van der Waals surface area contributed by atoms with E-state index < -0.39 is 5.97 Å². The number of halogens is 1. The number of carboxylic acid groups (broad SMARTS) is 1. The maximum Gasteiger partial charge on any atom is 0.307 e. The highest BCUT2D eigenvalue weighted by Gasteiger charge is 2.22. The average molecular weight is 356 g/mol. The monoisotopic (exact) mass is 355 g/mol. The molecule has 0 saturated heterocycles. The molecule has 0 aliphatic carbocycles. The lowest BCUT2D eigenvalue weighted by Crippen LogP contribution is -2.09.